The molecule has 0 amide bonds. The van der Waals surface area contributed by atoms with Crippen LogP contribution >= 0.6 is 0 Å². The fraction of sp³-hybridized carbons (Fsp3) is 0.286. The first kappa shape index (κ1) is 11.8. The Kier molecular flexibility index (Phi) is 2.55. The lowest BCUT2D eigenvalue weighted by molar-refractivity contribution is 0.568. The van der Waals surface area contributed by atoms with Crippen LogP contribution in [0, 0.1) is 0 Å². The Morgan fingerprint density at radius 1 is 1.11 bits per heavy atom. The van der Waals surface area contributed by atoms with Crippen LogP contribution in [0.1, 0.15) is 26.5 Å². The summed E-state index contributed by atoms with van der Waals surface area (Å²) in [6.07, 6.45) is 5.07. The largest absolute Gasteiger partial charge is 0.265 e. The summed E-state index contributed by atoms with van der Waals surface area (Å²) in [5.41, 5.74) is 3.00. The van der Waals surface area contributed by atoms with Crippen LogP contribution in [0.3, 0.4) is 0 Å². The van der Waals surface area contributed by atoms with Crippen molar-refractivity contribution in [2.75, 3.05) is 0 Å². The van der Waals surface area contributed by atoms with Crippen LogP contribution < -0.4 is 0 Å². The molecular weight excluding hydrogens is 238 g/mol. The van der Waals surface area contributed by atoms with Crippen molar-refractivity contribution in [2.45, 2.75) is 26.2 Å². The van der Waals surface area contributed by atoms with Crippen molar-refractivity contribution < 1.29 is 0 Å². The SMILES string of the molecule is CC(C)(C)c1cc(-c2ccncc2)n2ncnc2n1. The first-order chi connectivity index (χ1) is 9.05. The van der Waals surface area contributed by atoms with E-state index < -0.39 is 0 Å². The molecule has 0 spiro atoms. The molecule has 0 saturated heterocycles. The van der Waals surface area contributed by atoms with Gasteiger partial charge in [-0.05, 0) is 18.2 Å². The van der Waals surface area contributed by atoms with Gasteiger partial charge in [0.05, 0.1) is 11.4 Å². The lowest BCUT2D eigenvalue weighted by Crippen LogP contribution is -2.15. The molecule has 0 aliphatic carbocycles. The smallest absolute Gasteiger partial charge is 0.252 e. The molecule has 3 heterocycles. The predicted octanol–water partition coefficient (Wildman–Crippen LogP) is 2.48. The monoisotopic (exact) mass is 253 g/mol. The maximum Gasteiger partial charge on any atom is 0.252 e. The molecule has 0 saturated carbocycles. The number of hydrogen-bond donors (Lipinski definition) is 0. The van der Waals surface area contributed by atoms with Crippen LogP contribution in [0.4, 0.5) is 0 Å². The fourth-order valence-electron chi connectivity index (χ4n) is 1.92. The van der Waals surface area contributed by atoms with Gasteiger partial charge in [0, 0.05) is 23.4 Å². The topological polar surface area (TPSA) is 56.0 Å². The normalized spacial score (nSPS) is 11.9. The molecule has 5 nitrogen and oxygen atoms in total. The van der Waals surface area contributed by atoms with E-state index in [9.17, 15) is 0 Å². The van der Waals surface area contributed by atoms with Crippen molar-refractivity contribution in [3.05, 3.63) is 42.6 Å². The van der Waals surface area contributed by atoms with E-state index in [-0.39, 0.29) is 5.41 Å². The van der Waals surface area contributed by atoms with Crippen LogP contribution in [0.5, 0.6) is 0 Å². The number of pyridine rings is 1. The molecule has 3 rings (SSSR count). The van der Waals surface area contributed by atoms with Gasteiger partial charge in [0.1, 0.15) is 6.33 Å². The number of fused-ring (bicyclic) bond motifs is 1. The molecule has 96 valence electrons. The number of nitrogens with zero attached hydrogens (tertiary/aromatic N) is 5. The zero-order chi connectivity index (χ0) is 13.5. The maximum absolute atomic E-state index is 4.57. The Bertz CT molecular complexity index is 710. The Hall–Kier alpha value is -2.30. The van der Waals surface area contributed by atoms with Gasteiger partial charge < -0.3 is 0 Å². The minimum atomic E-state index is -0.0323. The lowest BCUT2D eigenvalue weighted by atomic mass is 9.91. The second kappa shape index (κ2) is 4.12. The van der Waals surface area contributed by atoms with E-state index in [1.165, 1.54) is 6.33 Å². The van der Waals surface area contributed by atoms with E-state index in [2.05, 4.69) is 46.9 Å². The zero-order valence-corrected chi connectivity index (χ0v) is 11.2. The van der Waals surface area contributed by atoms with Gasteiger partial charge in [-0.15, -0.1) is 0 Å². The highest BCUT2D eigenvalue weighted by atomic mass is 15.3. The van der Waals surface area contributed by atoms with Crippen molar-refractivity contribution in [1.29, 1.82) is 0 Å². The molecule has 0 aliphatic rings. The second-order valence-corrected chi connectivity index (χ2v) is 5.48. The molecule has 0 fully saturated rings. The highest BCUT2D eigenvalue weighted by Crippen LogP contribution is 2.26. The van der Waals surface area contributed by atoms with Gasteiger partial charge in [0.15, 0.2) is 0 Å². The molecule has 0 bridgehead atoms. The van der Waals surface area contributed by atoms with Gasteiger partial charge in [-0.25, -0.2) is 4.98 Å². The summed E-state index contributed by atoms with van der Waals surface area (Å²) in [6, 6.07) is 5.99. The zero-order valence-electron chi connectivity index (χ0n) is 11.2. The molecule has 0 radical (unpaired) electrons. The second-order valence-electron chi connectivity index (χ2n) is 5.48. The van der Waals surface area contributed by atoms with Crippen LogP contribution in [-0.2, 0) is 5.41 Å². The van der Waals surface area contributed by atoms with Gasteiger partial charge in [0.25, 0.3) is 5.78 Å². The minimum Gasteiger partial charge on any atom is -0.265 e. The standard InChI is InChI=1S/C14H15N5/c1-14(2,3)12-8-11(10-4-6-15-7-5-10)19-13(18-12)16-9-17-19/h4-9H,1-3H3. The third kappa shape index (κ3) is 2.07. The third-order valence-corrected chi connectivity index (χ3v) is 3.00. The van der Waals surface area contributed by atoms with E-state index in [1.807, 2.05) is 12.1 Å². The molecule has 19 heavy (non-hydrogen) atoms. The summed E-state index contributed by atoms with van der Waals surface area (Å²) in [5, 5.41) is 4.24. The highest BCUT2D eigenvalue weighted by molar-refractivity contribution is 5.61. The van der Waals surface area contributed by atoms with Crippen LogP contribution in [0.2, 0.25) is 0 Å². The maximum atomic E-state index is 4.57. The van der Waals surface area contributed by atoms with Crippen molar-refractivity contribution in [3.8, 4) is 11.3 Å². The summed E-state index contributed by atoms with van der Waals surface area (Å²) >= 11 is 0. The van der Waals surface area contributed by atoms with Crippen LogP contribution in [0.15, 0.2) is 36.9 Å². The molecule has 0 unspecified atom stereocenters. The third-order valence-electron chi connectivity index (χ3n) is 3.00. The van der Waals surface area contributed by atoms with Gasteiger partial charge in [-0.2, -0.15) is 14.6 Å². The van der Waals surface area contributed by atoms with E-state index in [4.69, 9.17) is 0 Å². The van der Waals surface area contributed by atoms with Gasteiger partial charge >= 0.3 is 0 Å². The van der Waals surface area contributed by atoms with E-state index in [0.29, 0.717) is 5.78 Å². The first-order valence-corrected chi connectivity index (χ1v) is 6.17. The molecule has 0 atom stereocenters. The summed E-state index contributed by atoms with van der Waals surface area (Å²) in [7, 11) is 0. The molecule has 5 heteroatoms. The molecule has 0 aliphatic heterocycles. The van der Waals surface area contributed by atoms with Crippen molar-refractivity contribution in [1.82, 2.24) is 24.6 Å². The summed E-state index contributed by atoms with van der Waals surface area (Å²) in [5.74, 6) is 0.624. The Balaban J connectivity index is 2.31. The summed E-state index contributed by atoms with van der Waals surface area (Å²) in [4.78, 5) is 12.8. The predicted molar refractivity (Wildman–Crippen MR) is 72.7 cm³/mol. The quantitative estimate of drug-likeness (QED) is 0.668. The van der Waals surface area contributed by atoms with Crippen molar-refractivity contribution >= 4 is 5.78 Å². The summed E-state index contributed by atoms with van der Waals surface area (Å²) < 4.78 is 1.75. The molecule has 0 N–H and O–H groups in total. The molecular formula is C14H15N5. The van der Waals surface area contributed by atoms with Gasteiger partial charge in [-0.3, -0.25) is 4.98 Å². The van der Waals surface area contributed by atoms with E-state index >= 15 is 0 Å². The average molecular weight is 253 g/mol. The Labute approximate surface area is 111 Å². The number of rotatable bonds is 1. The van der Waals surface area contributed by atoms with E-state index in [1.54, 1.807) is 16.9 Å². The highest BCUT2D eigenvalue weighted by Gasteiger charge is 2.19. The average Bonchev–Trinajstić information content (AvgIpc) is 2.85. The van der Waals surface area contributed by atoms with E-state index in [0.717, 1.165) is 17.0 Å². The van der Waals surface area contributed by atoms with Crippen molar-refractivity contribution in [2.24, 2.45) is 0 Å². The number of hydrogen-bond acceptors (Lipinski definition) is 4. The minimum absolute atomic E-state index is 0.0323. The Morgan fingerprint density at radius 3 is 2.53 bits per heavy atom. The Morgan fingerprint density at radius 2 is 1.84 bits per heavy atom. The fourth-order valence-corrected chi connectivity index (χ4v) is 1.92. The lowest BCUT2D eigenvalue weighted by Gasteiger charge is -2.18. The summed E-state index contributed by atoms with van der Waals surface area (Å²) in [6.45, 7) is 6.41. The first-order valence-electron chi connectivity index (χ1n) is 6.17. The van der Waals surface area contributed by atoms with Crippen molar-refractivity contribution in [3.63, 3.8) is 0 Å². The van der Waals surface area contributed by atoms with Crippen LogP contribution in [-0.4, -0.2) is 24.6 Å². The van der Waals surface area contributed by atoms with Gasteiger partial charge in [-0.1, -0.05) is 20.8 Å². The molecule has 3 aromatic rings. The number of aromatic nitrogens is 5. The van der Waals surface area contributed by atoms with Gasteiger partial charge in [0.2, 0.25) is 0 Å². The molecule has 3 aromatic heterocycles. The molecule has 0 aromatic carbocycles. The van der Waals surface area contributed by atoms with Crippen LogP contribution in [0.25, 0.3) is 17.0 Å².